The van der Waals surface area contributed by atoms with Crippen LogP contribution in [-0.2, 0) is 9.59 Å². The second-order valence-corrected chi connectivity index (χ2v) is 6.37. The van der Waals surface area contributed by atoms with Crippen LogP contribution in [0.2, 0.25) is 10.0 Å². The summed E-state index contributed by atoms with van der Waals surface area (Å²) in [6, 6.07) is 4.08. The van der Waals surface area contributed by atoms with Gasteiger partial charge in [-0.2, -0.15) is 0 Å². The summed E-state index contributed by atoms with van der Waals surface area (Å²) in [7, 11) is 0. The molecular weight excluding hydrogens is 311 g/mol. The van der Waals surface area contributed by atoms with Gasteiger partial charge in [0.2, 0.25) is 5.91 Å². The van der Waals surface area contributed by atoms with Gasteiger partial charge in [-0.1, -0.05) is 23.2 Å². The second-order valence-electron chi connectivity index (χ2n) is 5.52. The molecule has 112 valence electrons. The first-order chi connectivity index (χ1) is 10.0. The normalized spacial score (nSPS) is 26.0. The molecule has 0 aliphatic carbocycles. The van der Waals surface area contributed by atoms with Gasteiger partial charge in [0.15, 0.2) is 0 Å². The largest absolute Gasteiger partial charge is 0.329 e. The van der Waals surface area contributed by atoms with Crippen LogP contribution in [0.1, 0.15) is 26.2 Å². The third kappa shape index (κ3) is 2.40. The Morgan fingerprint density at radius 1 is 1.14 bits per heavy atom. The first kappa shape index (κ1) is 14.7. The SMILES string of the molecule is CC1C(=O)N2CCCCC2C(=O)N1c1ccc(Cl)cc1Cl. The number of rotatable bonds is 1. The predicted molar refractivity (Wildman–Crippen MR) is 82.8 cm³/mol. The van der Waals surface area contributed by atoms with E-state index < -0.39 is 6.04 Å². The Balaban J connectivity index is 2.01. The zero-order valence-electron chi connectivity index (χ0n) is 11.7. The highest BCUT2D eigenvalue weighted by atomic mass is 35.5. The van der Waals surface area contributed by atoms with Crippen molar-refractivity contribution in [3.63, 3.8) is 0 Å². The molecule has 2 saturated heterocycles. The van der Waals surface area contributed by atoms with Gasteiger partial charge in [-0.15, -0.1) is 0 Å². The fourth-order valence-electron chi connectivity index (χ4n) is 3.16. The van der Waals surface area contributed by atoms with E-state index in [1.54, 1.807) is 30.0 Å². The molecule has 3 rings (SSSR count). The summed E-state index contributed by atoms with van der Waals surface area (Å²) in [4.78, 5) is 28.6. The minimum Gasteiger partial charge on any atom is -0.329 e. The molecule has 2 atom stereocenters. The lowest BCUT2D eigenvalue weighted by Crippen LogP contribution is -2.65. The summed E-state index contributed by atoms with van der Waals surface area (Å²) in [5.74, 6) is -0.0589. The standard InChI is InChI=1S/C15H16Cl2N2O2/c1-9-14(20)18-7-3-2-4-13(18)15(21)19(9)12-6-5-10(16)8-11(12)17/h5-6,8-9,13H,2-4,7H2,1H3. The molecule has 0 aromatic heterocycles. The van der Waals surface area contributed by atoms with Crippen molar-refractivity contribution in [1.29, 1.82) is 0 Å². The van der Waals surface area contributed by atoms with Crippen molar-refractivity contribution < 1.29 is 9.59 Å². The second kappa shape index (κ2) is 5.50. The van der Waals surface area contributed by atoms with Crippen molar-refractivity contribution in [1.82, 2.24) is 4.90 Å². The Hall–Kier alpha value is -1.26. The zero-order chi connectivity index (χ0) is 15.1. The summed E-state index contributed by atoms with van der Waals surface area (Å²) in [5.41, 5.74) is 0.553. The van der Waals surface area contributed by atoms with E-state index in [0.717, 1.165) is 19.3 Å². The van der Waals surface area contributed by atoms with E-state index >= 15 is 0 Å². The molecule has 0 bridgehead atoms. The molecule has 2 aliphatic rings. The molecule has 2 unspecified atom stereocenters. The zero-order valence-corrected chi connectivity index (χ0v) is 13.2. The van der Waals surface area contributed by atoms with Gasteiger partial charge in [0, 0.05) is 11.6 Å². The average molecular weight is 327 g/mol. The molecule has 2 fully saturated rings. The number of halogens is 2. The molecule has 2 heterocycles. The number of piperidine rings is 1. The number of amides is 2. The Bertz CT molecular complexity index is 605. The summed E-state index contributed by atoms with van der Waals surface area (Å²) in [6.07, 6.45) is 2.65. The van der Waals surface area contributed by atoms with Gasteiger partial charge in [-0.3, -0.25) is 14.5 Å². The molecule has 0 N–H and O–H groups in total. The van der Waals surface area contributed by atoms with Crippen molar-refractivity contribution in [3.05, 3.63) is 28.2 Å². The lowest BCUT2D eigenvalue weighted by Gasteiger charge is -2.46. The summed E-state index contributed by atoms with van der Waals surface area (Å²) < 4.78 is 0. The highest BCUT2D eigenvalue weighted by Gasteiger charge is 2.45. The molecule has 2 amide bonds. The van der Waals surface area contributed by atoms with Crippen molar-refractivity contribution in [2.24, 2.45) is 0 Å². The minimum atomic E-state index is -0.537. The van der Waals surface area contributed by atoms with Gasteiger partial charge in [-0.25, -0.2) is 0 Å². The lowest BCUT2D eigenvalue weighted by atomic mass is 9.95. The highest BCUT2D eigenvalue weighted by Crippen LogP contribution is 2.35. The number of anilines is 1. The molecule has 1 aromatic carbocycles. The number of nitrogens with zero attached hydrogens (tertiary/aromatic N) is 2. The van der Waals surface area contributed by atoms with Gasteiger partial charge in [0.1, 0.15) is 12.1 Å². The van der Waals surface area contributed by atoms with E-state index in [-0.39, 0.29) is 17.9 Å². The fourth-order valence-corrected chi connectivity index (χ4v) is 3.66. The van der Waals surface area contributed by atoms with Crippen molar-refractivity contribution in [3.8, 4) is 0 Å². The monoisotopic (exact) mass is 326 g/mol. The van der Waals surface area contributed by atoms with Crippen LogP contribution in [0.4, 0.5) is 5.69 Å². The van der Waals surface area contributed by atoms with Gasteiger partial charge < -0.3 is 4.90 Å². The van der Waals surface area contributed by atoms with Crippen LogP contribution in [0, 0.1) is 0 Å². The average Bonchev–Trinajstić information content (AvgIpc) is 2.47. The minimum absolute atomic E-state index is 0.00897. The molecule has 6 heteroatoms. The number of fused-ring (bicyclic) bond motifs is 1. The molecule has 0 saturated carbocycles. The summed E-state index contributed by atoms with van der Waals surface area (Å²) in [6.45, 7) is 2.41. The summed E-state index contributed by atoms with van der Waals surface area (Å²) >= 11 is 12.1. The smallest absolute Gasteiger partial charge is 0.250 e. The third-order valence-corrected chi connectivity index (χ3v) is 4.76. The Morgan fingerprint density at radius 3 is 2.62 bits per heavy atom. The van der Waals surface area contributed by atoms with Crippen molar-refractivity contribution in [2.75, 3.05) is 11.4 Å². The Labute approximate surface area is 133 Å². The van der Waals surface area contributed by atoms with Crippen LogP contribution in [0.5, 0.6) is 0 Å². The number of hydrogen-bond acceptors (Lipinski definition) is 2. The van der Waals surface area contributed by atoms with Crippen LogP contribution in [-0.4, -0.2) is 35.3 Å². The first-order valence-corrected chi connectivity index (χ1v) is 7.85. The van der Waals surface area contributed by atoms with Gasteiger partial charge in [-0.05, 0) is 44.4 Å². The number of benzene rings is 1. The lowest BCUT2D eigenvalue weighted by molar-refractivity contribution is -0.147. The molecule has 2 aliphatic heterocycles. The van der Waals surface area contributed by atoms with E-state index in [2.05, 4.69) is 0 Å². The van der Waals surface area contributed by atoms with Gasteiger partial charge >= 0.3 is 0 Å². The molecular formula is C15H16Cl2N2O2. The van der Waals surface area contributed by atoms with E-state index in [1.807, 2.05) is 0 Å². The maximum absolute atomic E-state index is 12.8. The Kier molecular flexibility index (Phi) is 3.84. The molecule has 21 heavy (non-hydrogen) atoms. The molecule has 0 radical (unpaired) electrons. The fraction of sp³-hybridized carbons (Fsp3) is 0.467. The van der Waals surface area contributed by atoms with E-state index in [1.165, 1.54) is 4.90 Å². The number of carbonyl (C=O) groups is 2. The van der Waals surface area contributed by atoms with Crippen molar-refractivity contribution in [2.45, 2.75) is 38.3 Å². The maximum Gasteiger partial charge on any atom is 0.250 e. The first-order valence-electron chi connectivity index (χ1n) is 7.09. The van der Waals surface area contributed by atoms with Gasteiger partial charge in [0.05, 0.1) is 10.7 Å². The number of hydrogen-bond donors (Lipinski definition) is 0. The Morgan fingerprint density at radius 2 is 1.90 bits per heavy atom. The van der Waals surface area contributed by atoms with Crippen LogP contribution < -0.4 is 4.90 Å². The number of carbonyl (C=O) groups excluding carboxylic acids is 2. The van der Waals surface area contributed by atoms with Crippen molar-refractivity contribution >= 4 is 40.7 Å². The van der Waals surface area contributed by atoms with Crippen LogP contribution in [0.25, 0.3) is 0 Å². The molecule has 0 spiro atoms. The van der Waals surface area contributed by atoms with Crippen LogP contribution >= 0.6 is 23.2 Å². The predicted octanol–water partition coefficient (Wildman–Crippen LogP) is 3.11. The summed E-state index contributed by atoms with van der Waals surface area (Å²) in [5, 5.41) is 0.895. The van der Waals surface area contributed by atoms with Crippen LogP contribution in [0.15, 0.2) is 18.2 Å². The van der Waals surface area contributed by atoms with Gasteiger partial charge in [0.25, 0.3) is 5.91 Å². The van der Waals surface area contributed by atoms with E-state index in [4.69, 9.17) is 23.2 Å². The van der Waals surface area contributed by atoms with E-state index in [0.29, 0.717) is 22.3 Å². The van der Waals surface area contributed by atoms with E-state index in [9.17, 15) is 9.59 Å². The van der Waals surface area contributed by atoms with Crippen LogP contribution in [0.3, 0.4) is 0 Å². The quantitative estimate of drug-likeness (QED) is 0.795. The third-order valence-electron chi connectivity index (χ3n) is 4.22. The highest BCUT2D eigenvalue weighted by molar-refractivity contribution is 6.37. The number of piperazine rings is 1. The maximum atomic E-state index is 12.8. The molecule has 4 nitrogen and oxygen atoms in total. The molecule has 1 aromatic rings. The topological polar surface area (TPSA) is 40.6 Å².